The fraction of sp³-hybridized carbons (Fsp3) is 0.400. The summed E-state index contributed by atoms with van der Waals surface area (Å²) in [6.45, 7) is 6.13. The number of anilines is 1. The van der Waals surface area contributed by atoms with Crippen molar-refractivity contribution in [3.05, 3.63) is 71.4 Å². The van der Waals surface area contributed by atoms with Gasteiger partial charge in [0.05, 0.1) is 27.7 Å². The first-order valence-corrected chi connectivity index (χ1v) is 15.0. The molecule has 4 N–H and O–H groups in total. The number of para-hydroxylation sites is 1. The van der Waals surface area contributed by atoms with Crippen LogP contribution in [-0.2, 0) is 9.59 Å². The van der Waals surface area contributed by atoms with Crippen molar-refractivity contribution in [1.82, 2.24) is 26.3 Å². The Hall–Kier alpha value is -3.83. The van der Waals surface area contributed by atoms with Crippen LogP contribution in [0.5, 0.6) is 11.6 Å². The molecule has 1 aliphatic carbocycles. The number of aryl methyl sites for hydroxylation is 1. The van der Waals surface area contributed by atoms with Crippen molar-refractivity contribution < 1.29 is 19.1 Å². The number of aromatic nitrogens is 1. The lowest BCUT2D eigenvalue weighted by atomic mass is 9.86. The van der Waals surface area contributed by atoms with E-state index in [-0.39, 0.29) is 47.3 Å². The van der Waals surface area contributed by atoms with Crippen LogP contribution in [0.25, 0.3) is 0 Å². The number of thioether (sulfide) groups is 1. The van der Waals surface area contributed by atoms with Crippen molar-refractivity contribution >= 4 is 35.3 Å². The number of nitrogens with one attached hydrogen (secondary N) is 4. The number of hydrogen-bond acceptors (Lipinski definition) is 7. The van der Waals surface area contributed by atoms with Crippen molar-refractivity contribution in [2.24, 2.45) is 5.92 Å². The molecule has 10 nitrogen and oxygen atoms in total. The molecule has 2 saturated heterocycles. The predicted molar refractivity (Wildman–Crippen MR) is 157 cm³/mol. The van der Waals surface area contributed by atoms with E-state index in [1.807, 2.05) is 43.3 Å². The van der Waals surface area contributed by atoms with E-state index in [1.54, 1.807) is 11.0 Å². The highest BCUT2D eigenvalue weighted by molar-refractivity contribution is 8.04. The second-order valence-electron chi connectivity index (χ2n) is 10.8. The molecular formula is C30H34N6O4S. The van der Waals surface area contributed by atoms with Crippen LogP contribution in [0.3, 0.4) is 0 Å². The van der Waals surface area contributed by atoms with Gasteiger partial charge < -0.3 is 26.0 Å². The molecule has 2 aromatic rings. The molecule has 4 amide bonds. The standard InChI is InChI=1S/C30H34N6O4S/c1-3-23(37)33-18-8-7-9-19(16-18)34-28(38)27-26-25-22(14-15-31-29(25)41-27)36(30(39)35-26)21-12-13-24(32-17(21)2)40-20-10-5-4-6-11-20/h3-6,10-13,18-19,22,25,29,31H,1,7-9,14-16H2,2H3,(H,33,37)(H,34,38)(H,35,39)/t18-,19+,22?,25?,29?/m1/s1. The molecule has 0 radical (unpaired) electrons. The zero-order valence-corrected chi connectivity index (χ0v) is 23.7. The zero-order chi connectivity index (χ0) is 28.5. The van der Waals surface area contributed by atoms with Crippen LogP contribution in [0.15, 0.2) is 65.7 Å². The molecule has 0 spiro atoms. The van der Waals surface area contributed by atoms with Crippen molar-refractivity contribution in [2.75, 3.05) is 11.4 Å². The van der Waals surface area contributed by atoms with E-state index < -0.39 is 0 Å². The average Bonchev–Trinajstić information content (AvgIpc) is 3.34. The third-order valence-corrected chi connectivity index (χ3v) is 9.50. The first-order chi connectivity index (χ1) is 19.9. The summed E-state index contributed by atoms with van der Waals surface area (Å²) < 4.78 is 5.89. The van der Waals surface area contributed by atoms with Gasteiger partial charge in [0.2, 0.25) is 11.8 Å². The minimum absolute atomic E-state index is 0.00586. The number of piperidine rings is 1. The summed E-state index contributed by atoms with van der Waals surface area (Å²) in [6, 6.07) is 12.7. The Morgan fingerprint density at radius 2 is 1.90 bits per heavy atom. The number of nitrogens with zero attached hydrogens (tertiary/aromatic N) is 2. The van der Waals surface area contributed by atoms with Gasteiger partial charge in [-0.25, -0.2) is 9.78 Å². The third-order valence-electron chi connectivity index (χ3n) is 8.15. The summed E-state index contributed by atoms with van der Waals surface area (Å²) in [7, 11) is 0. The maximum Gasteiger partial charge on any atom is 0.326 e. The summed E-state index contributed by atoms with van der Waals surface area (Å²) in [4.78, 5) is 45.9. The smallest absolute Gasteiger partial charge is 0.326 e. The van der Waals surface area contributed by atoms with Gasteiger partial charge >= 0.3 is 6.03 Å². The third kappa shape index (κ3) is 5.56. The van der Waals surface area contributed by atoms with E-state index in [1.165, 1.54) is 17.8 Å². The van der Waals surface area contributed by atoms with Gasteiger partial charge in [-0.3, -0.25) is 14.5 Å². The Kier molecular flexibility index (Phi) is 7.72. The number of ether oxygens (including phenoxy) is 1. The first kappa shape index (κ1) is 27.3. The normalized spacial score (nSPS) is 27.0. The number of benzene rings is 1. The Balaban J connectivity index is 1.20. The van der Waals surface area contributed by atoms with Crippen molar-refractivity contribution in [3.63, 3.8) is 0 Å². The number of carbonyl (C=O) groups excluding carboxylic acids is 3. The Bertz CT molecular complexity index is 1400. The maximum absolute atomic E-state index is 13.6. The molecule has 1 saturated carbocycles. The number of rotatable bonds is 7. The predicted octanol–water partition coefficient (Wildman–Crippen LogP) is 3.70. The van der Waals surface area contributed by atoms with E-state index in [4.69, 9.17) is 4.74 Å². The topological polar surface area (TPSA) is 125 Å². The highest BCUT2D eigenvalue weighted by atomic mass is 32.2. The molecule has 214 valence electrons. The molecule has 6 rings (SSSR count). The number of hydrogen-bond donors (Lipinski definition) is 4. The number of carbonyl (C=O) groups is 3. The molecule has 41 heavy (non-hydrogen) atoms. The van der Waals surface area contributed by atoms with Crippen LogP contribution in [0, 0.1) is 12.8 Å². The van der Waals surface area contributed by atoms with Crippen LogP contribution in [0.4, 0.5) is 10.5 Å². The second kappa shape index (κ2) is 11.6. The number of pyridine rings is 1. The summed E-state index contributed by atoms with van der Waals surface area (Å²) in [5.41, 5.74) is 2.11. The average molecular weight is 575 g/mol. The van der Waals surface area contributed by atoms with Gasteiger partial charge in [0.25, 0.3) is 5.91 Å². The molecule has 11 heteroatoms. The highest BCUT2D eigenvalue weighted by Crippen LogP contribution is 2.48. The van der Waals surface area contributed by atoms with E-state index in [9.17, 15) is 14.4 Å². The SMILES string of the molecule is C=CC(=O)N[C@@H]1CCC[C@H](NC(=O)C2=C3NC(=O)N(c4ccc(Oc5ccccc5)nc4C)C4CCNC(S2)C34)C1. The molecule has 0 bridgehead atoms. The monoisotopic (exact) mass is 574 g/mol. The van der Waals surface area contributed by atoms with Gasteiger partial charge in [0, 0.05) is 29.8 Å². The molecule has 1 aromatic heterocycles. The van der Waals surface area contributed by atoms with Crippen LogP contribution in [0.2, 0.25) is 0 Å². The van der Waals surface area contributed by atoms with Crippen LogP contribution in [0.1, 0.15) is 37.8 Å². The van der Waals surface area contributed by atoms with Crippen molar-refractivity contribution in [1.29, 1.82) is 0 Å². The first-order valence-electron chi connectivity index (χ1n) is 14.1. The maximum atomic E-state index is 13.6. The Labute approximate surface area is 243 Å². The molecule has 4 aliphatic rings. The van der Waals surface area contributed by atoms with E-state index in [2.05, 4.69) is 32.8 Å². The lowest BCUT2D eigenvalue weighted by molar-refractivity contribution is -0.117. The molecule has 3 unspecified atom stereocenters. The number of urea groups is 1. The van der Waals surface area contributed by atoms with E-state index >= 15 is 0 Å². The van der Waals surface area contributed by atoms with Gasteiger partial charge in [-0.2, -0.15) is 0 Å². The summed E-state index contributed by atoms with van der Waals surface area (Å²) in [5.74, 6) is 0.728. The van der Waals surface area contributed by atoms with Gasteiger partial charge in [0.1, 0.15) is 5.75 Å². The fourth-order valence-electron chi connectivity index (χ4n) is 6.32. The minimum Gasteiger partial charge on any atom is -0.439 e. The molecule has 1 aromatic carbocycles. The Morgan fingerprint density at radius 1 is 1.12 bits per heavy atom. The van der Waals surface area contributed by atoms with Gasteiger partial charge in [-0.15, -0.1) is 0 Å². The minimum atomic E-state index is -0.263. The molecule has 5 atom stereocenters. The lowest BCUT2D eigenvalue weighted by Crippen LogP contribution is -2.62. The fourth-order valence-corrected chi connectivity index (χ4v) is 7.72. The second-order valence-corrected chi connectivity index (χ2v) is 12.0. The van der Waals surface area contributed by atoms with E-state index in [0.29, 0.717) is 34.3 Å². The summed E-state index contributed by atoms with van der Waals surface area (Å²) in [6.07, 6.45) is 5.34. The molecule has 3 aliphatic heterocycles. The van der Waals surface area contributed by atoms with Crippen LogP contribution >= 0.6 is 11.8 Å². The van der Waals surface area contributed by atoms with Crippen molar-refractivity contribution in [3.8, 4) is 11.6 Å². The van der Waals surface area contributed by atoms with Crippen LogP contribution < -0.4 is 30.9 Å². The summed E-state index contributed by atoms with van der Waals surface area (Å²) >= 11 is 1.49. The zero-order valence-electron chi connectivity index (χ0n) is 22.9. The number of amides is 4. The van der Waals surface area contributed by atoms with E-state index in [0.717, 1.165) is 37.9 Å². The molecule has 4 heterocycles. The van der Waals surface area contributed by atoms with Crippen LogP contribution in [-0.4, -0.2) is 52.9 Å². The largest absolute Gasteiger partial charge is 0.439 e. The van der Waals surface area contributed by atoms with Gasteiger partial charge in [0.15, 0.2) is 0 Å². The van der Waals surface area contributed by atoms with Crippen molar-refractivity contribution in [2.45, 2.75) is 62.5 Å². The Morgan fingerprint density at radius 3 is 2.66 bits per heavy atom. The molecular weight excluding hydrogens is 540 g/mol. The lowest BCUT2D eigenvalue weighted by Gasteiger charge is -2.46. The quantitative estimate of drug-likeness (QED) is 0.372. The van der Waals surface area contributed by atoms with Gasteiger partial charge in [-0.05, 0) is 69.8 Å². The van der Waals surface area contributed by atoms with Gasteiger partial charge in [-0.1, -0.05) is 36.5 Å². The summed E-state index contributed by atoms with van der Waals surface area (Å²) in [5, 5.41) is 12.7. The highest BCUT2D eigenvalue weighted by Gasteiger charge is 2.52. The molecule has 3 fully saturated rings.